The Labute approximate surface area is 121 Å². The summed E-state index contributed by atoms with van der Waals surface area (Å²) < 4.78 is 5.50. The van der Waals surface area contributed by atoms with Crippen LogP contribution in [0.1, 0.15) is 15.9 Å². The van der Waals surface area contributed by atoms with Crippen molar-refractivity contribution in [2.75, 3.05) is 6.61 Å². The minimum absolute atomic E-state index is 0.0402. The van der Waals surface area contributed by atoms with Crippen molar-refractivity contribution in [1.29, 1.82) is 0 Å². The van der Waals surface area contributed by atoms with Gasteiger partial charge in [0.15, 0.2) is 12.4 Å². The molecule has 2 rings (SSSR count). The number of rotatable bonds is 4. The number of halogens is 2. The summed E-state index contributed by atoms with van der Waals surface area (Å²) in [6.07, 6.45) is 0. The molecule has 0 aliphatic heterocycles. The number of carbonyl (C=O) groups excluding carboxylic acids is 1. The van der Waals surface area contributed by atoms with Crippen LogP contribution in [-0.2, 0) is 0 Å². The Morgan fingerprint density at radius 2 is 1.84 bits per heavy atom. The minimum Gasteiger partial charge on any atom is -0.485 e. The third kappa shape index (κ3) is 3.72. The van der Waals surface area contributed by atoms with Gasteiger partial charge in [0, 0.05) is 15.6 Å². The summed E-state index contributed by atoms with van der Waals surface area (Å²) in [4.78, 5) is 11.9. The molecule has 19 heavy (non-hydrogen) atoms. The van der Waals surface area contributed by atoms with E-state index in [4.69, 9.17) is 27.9 Å². The van der Waals surface area contributed by atoms with Crippen LogP contribution in [-0.4, -0.2) is 12.4 Å². The lowest BCUT2D eigenvalue weighted by molar-refractivity contribution is 0.0921. The topological polar surface area (TPSA) is 26.3 Å². The van der Waals surface area contributed by atoms with E-state index in [1.165, 1.54) is 0 Å². The van der Waals surface area contributed by atoms with E-state index < -0.39 is 0 Å². The zero-order valence-electron chi connectivity index (χ0n) is 10.3. The zero-order chi connectivity index (χ0) is 13.8. The molecule has 0 saturated carbocycles. The first-order valence-corrected chi connectivity index (χ1v) is 6.49. The van der Waals surface area contributed by atoms with Crippen LogP contribution in [0.3, 0.4) is 0 Å². The van der Waals surface area contributed by atoms with Crippen molar-refractivity contribution in [3.8, 4) is 5.75 Å². The second kappa shape index (κ2) is 6.09. The van der Waals surface area contributed by atoms with Gasteiger partial charge in [-0.25, -0.2) is 0 Å². The Kier molecular flexibility index (Phi) is 4.46. The van der Waals surface area contributed by atoms with Crippen molar-refractivity contribution < 1.29 is 9.53 Å². The van der Waals surface area contributed by atoms with Crippen molar-refractivity contribution in [2.45, 2.75) is 6.92 Å². The third-order valence-electron chi connectivity index (χ3n) is 2.66. The Hall–Kier alpha value is -1.51. The highest BCUT2D eigenvalue weighted by molar-refractivity contribution is 6.31. The molecule has 0 spiro atoms. The predicted molar refractivity (Wildman–Crippen MR) is 77.5 cm³/mol. The van der Waals surface area contributed by atoms with Crippen LogP contribution < -0.4 is 4.74 Å². The maximum atomic E-state index is 11.9. The molecule has 2 aromatic carbocycles. The summed E-state index contributed by atoms with van der Waals surface area (Å²) in [5, 5.41) is 1.11. The van der Waals surface area contributed by atoms with Gasteiger partial charge >= 0.3 is 0 Å². The number of ketones is 1. The van der Waals surface area contributed by atoms with Gasteiger partial charge in [0.1, 0.15) is 5.75 Å². The smallest absolute Gasteiger partial charge is 0.200 e. The fraction of sp³-hybridized carbons (Fsp3) is 0.133. The molecule has 0 aliphatic carbocycles. The summed E-state index contributed by atoms with van der Waals surface area (Å²) in [6.45, 7) is 1.86. The molecular weight excluding hydrogens is 283 g/mol. The largest absolute Gasteiger partial charge is 0.485 e. The molecular formula is C15H12Cl2O2. The maximum Gasteiger partial charge on any atom is 0.200 e. The highest BCUT2D eigenvalue weighted by Crippen LogP contribution is 2.22. The van der Waals surface area contributed by atoms with Crippen molar-refractivity contribution >= 4 is 29.0 Å². The molecule has 98 valence electrons. The lowest BCUT2D eigenvalue weighted by Crippen LogP contribution is -2.12. The van der Waals surface area contributed by atoms with E-state index in [9.17, 15) is 4.79 Å². The fourth-order valence-electron chi connectivity index (χ4n) is 1.62. The van der Waals surface area contributed by atoms with Crippen LogP contribution in [0.2, 0.25) is 10.0 Å². The second-order valence-corrected chi connectivity index (χ2v) is 5.00. The number of ether oxygens (including phenoxy) is 1. The van der Waals surface area contributed by atoms with Crippen LogP contribution in [0.25, 0.3) is 0 Å². The van der Waals surface area contributed by atoms with E-state index in [0.717, 1.165) is 5.56 Å². The lowest BCUT2D eigenvalue weighted by Gasteiger charge is -2.09. The highest BCUT2D eigenvalue weighted by atomic mass is 35.5. The van der Waals surface area contributed by atoms with Crippen molar-refractivity contribution in [1.82, 2.24) is 0 Å². The molecule has 0 unspecified atom stereocenters. The van der Waals surface area contributed by atoms with Gasteiger partial charge in [0.05, 0.1) is 0 Å². The summed E-state index contributed by atoms with van der Waals surface area (Å²) in [6, 6.07) is 12.1. The SMILES string of the molecule is Cc1ccc(Cl)cc1OCC(=O)c1cccc(Cl)c1. The predicted octanol–water partition coefficient (Wildman–Crippen LogP) is 4.56. The summed E-state index contributed by atoms with van der Waals surface area (Å²) in [5.74, 6) is 0.491. The number of hydrogen-bond donors (Lipinski definition) is 0. The summed E-state index contributed by atoms with van der Waals surface area (Å²) in [5.41, 5.74) is 1.47. The lowest BCUT2D eigenvalue weighted by atomic mass is 10.1. The second-order valence-electron chi connectivity index (χ2n) is 4.13. The quantitative estimate of drug-likeness (QED) is 0.773. The van der Waals surface area contributed by atoms with Crippen LogP contribution in [0.15, 0.2) is 42.5 Å². The number of aryl methyl sites for hydroxylation is 1. The number of Topliss-reactive ketones (excluding diaryl/α,β-unsaturated/α-hetero) is 1. The molecule has 2 nitrogen and oxygen atoms in total. The monoisotopic (exact) mass is 294 g/mol. The minimum atomic E-state index is -0.123. The van der Waals surface area contributed by atoms with Gasteiger partial charge in [-0.05, 0) is 36.8 Å². The van der Waals surface area contributed by atoms with Gasteiger partial charge in [0.2, 0.25) is 0 Å². The standard InChI is InChI=1S/C15H12Cl2O2/c1-10-5-6-13(17)8-15(10)19-9-14(18)11-3-2-4-12(16)7-11/h2-8H,9H2,1H3. The van der Waals surface area contributed by atoms with Gasteiger partial charge in [-0.15, -0.1) is 0 Å². The molecule has 0 atom stereocenters. The fourth-order valence-corrected chi connectivity index (χ4v) is 1.97. The van der Waals surface area contributed by atoms with Crippen molar-refractivity contribution in [2.24, 2.45) is 0 Å². The Bertz CT molecular complexity index is 609. The first-order chi connectivity index (χ1) is 9.06. The van der Waals surface area contributed by atoms with E-state index >= 15 is 0 Å². The molecule has 0 radical (unpaired) electrons. The molecule has 0 heterocycles. The average Bonchev–Trinajstić information content (AvgIpc) is 2.39. The number of carbonyl (C=O) groups is 1. The van der Waals surface area contributed by atoms with Gasteiger partial charge in [0.25, 0.3) is 0 Å². The van der Waals surface area contributed by atoms with E-state index in [2.05, 4.69) is 0 Å². The maximum absolute atomic E-state index is 11.9. The molecule has 0 aromatic heterocycles. The Balaban J connectivity index is 2.06. The Morgan fingerprint density at radius 3 is 2.58 bits per heavy atom. The van der Waals surface area contributed by atoms with E-state index in [-0.39, 0.29) is 12.4 Å². The average molecular weight is 295 g/mol. The van der Waals surface area contributed by atoms with Crippen LogP contribution in [0.5, 0.6) is 5.75 Å². The molecule has 0 fully saturated rings. The van der Waals surface area contributed by atoms with Crippen molar-refractivity contribution in [3.05, 3.63) is 63.6 Å². The molecule has 0 aliphatic rings. The molecule has 2 aromatic rings. The van der Waals surface area contributed by atoms with E-state index in [1.54, 1.807) is 36.4 Å². The van der Waals surface area contributed by atoms with Gasteiger partial charge in [-0.3, -0.25) is 4.79 Å². The zero-order valence-corrected chi connectivity index (χ0v) is 11.8. The van der Waals surface area contributed by atoms with Gasteiger partial charge in [-0.2, -0.15) is 0 Å². The molecule has 4 heteroatoms. The van der Waals surface area contributed by atoms with Crippen molar-refractivity contribution in [3.63, 3.8) is 0 Å². The van der Waals surface area contributed by atoms with Gasteiger partial charge in [-0.1, -0.05) is 41.4 Å². The molecule has 0 saturated heterocycles. The Morgan fingerprint density at radius 1 is 1.11 bits per heavy atom. The number of hydrogen-bond acceptors (Lipinski definition) is 2. The van der Waals surface area contributed by atoms with Gasteiger partial charge < -0.3 is 4.74 Å². The van der Waals surface area contributed by atoms with E-state index in [0.29, 0.717) is 21.4 Å². The summed E-state index contributed by atoms with van der Waals surface area (Å²) in [7, 11) is 0. The van der Waals surface area contributed by atoms with E-state index in [1.807, 2.05) is 13.0 Å². The summed E-state index contributed by atoms with van der Waals surface area (Å²) >= 11 is 11.7. The van der Waals surface area contributed by atoms with Crippen LogP contribution in [0.4, 0.5) is 0 Å². The normalized spacial score (nSPS) is 10.3. The molecule has 0 N–H and O–H groups in total. The van der Waals surface area contributed by atoms with Crippen LogP contribution in [0, 0.1) is 6.92 Å². The number of benzene rings is 2. The first kappa shape index (κ1) is 13.9. The highest BCUT2D eigenvalue weighted by Gasteiger charge is 2.08. The first-order valence-electron chi connectivity index (χ1n) is 5.74. The third-order valence-corrected chi connectivity index (χ3v) is 3.13. The molecule has 0 amide bonds. The van der Waals surface area contributed by atoms with Crippen LogP contribution >= 0.6 is 23.2 Å². The molecule has 0 bridgehead atoms.